The van der Waals surface area contributed by atoms with Crippen molar-refractivity contribution in [1.29, 1.82) is 0 Å². The summed E-state index contributed by atoms with van der Waals surface area (Å²) in [6, 6.07) is 0. The first-order chi connectivity index (χ1) is 6.03. The Morgan fingerprint density at radius 2 is 2.08 bits per heavy atom. The highest BCUT2D eigenvalue weighted by Gasteiger charge is 2.49. The monoisotopic (exact) mass is 186 g/mol. The number of carbonyl (C=O) groups excluding carboxylic acids is 1. The van der Waals surface area contributed by atoms with Crippen LogP contribution < -0.4 is 0 Å². The molecule has 1 aliphatic carbocycles. The summed E-state index contributed by atoms with van der Waals surface area (Å²) in [5.74, 6) is -0.461. The Morgan fingerprint density at radius 1 is 1.54 bits per heavy atom. The van der Waals surface area contributed by atoms with E-state index in [1.54, 1.807) is 0 Å². The van der Waals surface area contributed by atoms with Crippen molar-refractivity contribution in [2.75, 3.05) is 7.11 Å². The number of ether oxygens (including phenoxy) is 1. The first-order valence-corrected chi connectivity index (χ1v) is 4.84. The van der Waals surface area contributed by atoms with Crippen LogP contribution in [0, 0.1) is 11.8 Å². The maximum Gasteiger partial charge on any atom is 0.338 e. The third kappa shape index (κ3) is 1.57. The predicted molar refractivity (Wildman–Crippen MR) is 49.1 cm³/mol. The normalized spacial score (nSPS) is 22.2. The maximum atomic E-state index is 11.4. The summed E-state index contributed by atoms with van der Waals surface area (Å²) in [5.41, 5.74) is -1.26. The molecule has 3 heteroatoms. The minimum absolute atomic E-state index is 0.0785. The van der Waals surface area contributed by atoms with Gasteiger partial charge >= 0.3 is 5.97 Å². The lowest BCUT2D eigenvalue weighted by Gasteiger charge is -2.41. The molecule has 1 aliphatic rings. The van der Waals surface area contributed by atoms with Crippen molar-refractivity contribution in [1.82, 2.24) is 0 Å². The smallest absolute Gasteiger partial charge is 0.338 e. The third-order valence-corrected chi connectivity index (χ3v) is 3.12. The molecule has 1 atom stereocenters. The molecule has 3 nitrogen and oxygen atoms in total. The molecule has 1 N–H and O–H groups in total. The molecule has 0 radical (unpaired) electrons. The quantitative estimate of drug-likeness (QED) is 0.677. The Labute approximate surface area is 79.1 Å². The lowest BCUT2D eigenvalue weighted by Crippen LogP contribution is -2.53. The van der Waals surface area contributed by atoms with Gasteiger partial charge in [-0.1, -0.05) is 20.3 Å². The fourth-order valence-electron chi connectivity index (χ4n) is 1.89. The summed E-state index contributed by atoms with van der Waals surface area (Å²) in [5, 5.41) is 10.2. The zero-order valence-corrected chi connectivity index (χ0v) is 8.54. The van der Waals surface area contributed by atoms with Gasteiger partial charge < -0.3 is 9.84 Å². The minimum Gasteiger partial charge on any atom is -0.467 e. The summed E-state index contributed by atoms with van der Waals surface area (Å²) in [6.07, 6.45) is 2.98. The van der Waals surface area contributed by atoms with Gasteiger partial charge in [-0.15, -0.1) is 0 Å². The first-order valence-electron chi connectivity index (χ1n) is 4.84. The Morgan fingerprint density at radius 3 is 2.31 bits per heavy atom. The molecule has 1 fully saturated rings. The van der Waals surface area contributed by atoms with E-state index in [0.29, 0.717) is 0 Å². The fraction of sp³-hybridized carbons (Fsp3) is 0.900. The van der Waals surface area contributed by atoms with Crippen molar-refractivity contribution in [3.63, 3.8) is 0 Å². The molecular formula is C10H18O3. The van der Waals surface area contributed by atoms with Gasteiger partial charge in [0.1, 0.15) is 0 Å². The predicted octanol–water partition coefficient (Wildman–Crippen LogP) is 1.35. The van der Waals surface area contributed by atoms with Crippen LogP contribution in [0.4, 0.5) is 0 Å². The molecule has 0 aromatic rings. The topological polar surface area (TPSA) is 46.5 Å². The second kappa shape index (κ2) is 3.66. The van der Waals surface area contributed by atoms with Crippen molar-refractivity contribution >= 4 is 5.97 Å². The van der Waals surface area contributed by atoms with Crippen LogP contribution in [-0.2, 0) is 9.53 Å². The second-order valence-electron chi connectivity index (χ2n) is 4.10. The van der Waals surface area contributed by atoms with Crippen molar-refractivity contribution in [2.45, 2.75) is 38.7 Å². The molecule has 0 aromatic heterocycles. The van der Waals surface area contributed by atoms with Gasteiger partial charge in [-0.25, -0.2) is 4.79 Å². The summed E-state index contributed by atoms with van der Waals surface area (Å²) in [7, 11) is 1.33. The second-order valence-corrected chi connectivity index (χ2v) is 4.10. The summed E-state index contributed by atoms with van der Waals surface area (Å²) in [6.45, 7) is 3.71. The number of hydrogen-bond donors (Lipinski definition) is 1. The van der Waals surface area contributed by atoms with Crippen LogP contribution >= 0.6 is 0 Å². The number of hydrogen-bond acceptors (Lipinski definition) is 3. The zero-order chi connectivity index (χ0) is 10.1. The minimum atomic E-state index is -1.26. The number of carbonyl (C=O) groups is 1. The van der Waals surface area contributed by atoms with Crippen molar-refractivity contribution in [3.8, 4) is 0 Å². The molecular weight excluding hydrogens is 168 g/mol. The summed E-state index contributed by atoms with van der Waals surface area (Å²) < 4.78 is 4.64. The van der Waals surface area contributed by atoms with Gasteiger partial charge in [-0.3, -0.25) is 0 Å². The van der Waals surface area contributed by atoms with E-state index in [1.807, 2.05) is 13.8 Å². The van der Waals surface area contributed by atoms with E-state index in [0.717, 1.165) is 19.3 Å². The Balaban J connectivity index is 2.79. The standard InChI is InChI=1S/C10H18O3/c1-7(2)10(12,9(11)13-3)8-5-4-6-8/h7-8,12H,4-6H2,1-3H3. The van der Waals surface area contributed by atoms with E-state index in [4.69, 9.17) is 0 Å². The van der Waals surface area contributed by atoms with Gasteiger partial charge in [0.05, 0.1) is 7.11 Å². The Bertz CT molecular complexity index is 196. The van der Waals surface area contributed by atoms with Gasteiger partial charge in [-0.2, -0.15) is 0 Å². The maximum absolute atomic E-state index is 11.4. The van der Waals surface area contributed by atoms with Gasteiger partial charge in [0.15, 0.2) is 5.60 Å². The Hall–Kier alpha value is -0.570. The SMILES string of the molecule is COC(=O)C(O)(C(C)C)C1CCC1. The van der Waals surface area contributed by atoms with Gasteiger partial charge in [0, 0.05) is 0 Å². The van der Waals surface area contributed by atoms with Gasteiger partial charge in [-0.05, 0) is 24.7 Å². The molecule has 1 rings (SSSR count). The van der Waals surface area contributed by atoms with Crippen LogP contribution in [0.3, 0.4) is 0 Å². The van der Waals surface area contributed by atoms with Crippen LogP contribution in [0.5, 0.6) is 0 Å². The molecule has 1 unspecified atom stereocenters. The zero-order valence-electron chi connectivity index (χ0n) is 8.54. The third-order valence-electron chi connectivity index (χ3n) is 3.12. The molecule has 0 bridgehead atoms. The lowest BCUT2D eigenvalue weighted by molar-refractivity contribution is -0.180. The molecule has 76 valence electrons. The summed E-state index contributed by atoms with van der Waals surface area (Å²) >= 11 is 0. The van der Waals surface area contributed by atoms with Crippen molar-refractivity contribution in [2.24, 2.45) is 11.8 Å². The highest BCUT2D eigenvalue weighted by Crippen LogP contribution is 2.40. The molecule has 0 aromatic carbocycles. The van der Waals surface area contributed by atoms with E-state index < -0.39 is 11.6 Å². The molecule has 13 heavy (non-hydrogen) atoms. The van der Waals surface area contributed by atoms with E-state index in [1.165, 1.54) is 7.11 Å². The lowest BCUT2D eigenvalue weighted by atomic mass is 9.68. The molecule has 0 spiro atoms. The van der Waals surface area contributed by atoms with Crippen LogP contribution in [0.25, 0.3) is 0 Å². The number of methoxy groups -OCH3 is 1. The van der Waals surface area contributed by atoms with E-state index >= 15 is 0 Å². The van der Waals surface area contributed by atoms with Gasteiger partial charge in [0.2, 0.25) is 0 Å². The number of rotatable bonds is 3. The van der Waals surface area contributed by atoms with Gasteiger partial charge in [0.25, 0.3) is 0 Å². The number of esters is 1. The molecule has 0 amide bonds. The van der Waals surface area contributed by atoms with Crippen molar-refractivity contribution in [3.05, 3.63) is 0 Å². The highest BCUT2D eigenvalue weighted by molar-refractivity contribution is 5.80. The fourth-order valence-corrected chi connectivity index (χ4v) is 1.89. The van der Waals surface area contributed by atoms with E-state index in [9.17, 15) is 9.90 Å². The molecule has 1 saturated carbocycles. The average molecular weight is 186 g/mol. The van der Waals surface area contributed by atoms with Crippen LogP contribution in [0.15, 0.2) is 0 Å². The first kappa shape index (κ1) is 10.5. The molecule has 0 aliphatic heterocycles. The van der Waals surface area contributed by atoms with Crippen LogP contribution in [-0.4, -0.2) is 23.8 Å². The molecule has 0 saturated heterocycles. The average Bonchev–Trinajstić information content (AvgIpc) is 1.99. The highest BCUT2D eigenvalue weighted by atomic mass is 16.5. The number of aliphatic hydroxyl groups is 1. The molecule has 0 heterocycles. The van der Waals surface area contributed by atoms with Crippen molar-refractivity contribution < 1.29 is 14.6 Å². The van der Waals surface area contributed by atoms with E-state index in [-0.39, 0.29) is 11.8 Å². The Kier molecular flexibility index (Phi) is 2.96. The summed E-state index contributed by atoms with van der Waals surface area (Å²) in [4.78, 5) is 11.4. The largest absolute Gasteiger partial charge is 0.467 e. The van der Waals surface area contributed by atoms with E-state index in [2.05, 4.69) is 4.74 Å². The van der Waals surface area contributed by atoms with Crippen LogP contribution in [0.2, 0.25) is 0 Å². The van der Waals surface area contributed by atoms with Crippen LogP contribution in [0.1, 0.15) is 33.1 Å².